The topological polar surface area (TPSA) is 50.7 Å². The average molecular weight is 308 g/mol. The van der Waals surface area contributed by atoms with Crippen LogP contribution in [-0.4, -0.2) is 21.7 Å². The van der Waals surface area contributed by atoms with Crippen molar-refractivity contribution in [3.8, 4) is 9.88 Å². The first-order chi connectivity index (χ1) is 9.81. The summed E-state index contributed by atoms with van der Waals surface area (Å²) in [6, 6.07) is 0. The number of hydrogen-bond acceptors (Lipinski definition) is 6. The third-order valence-corrected chi connectivity index (χ3v) is 5.44. The van der Waals surface area contributed by atoms with Crippen molar-refractivity contribution in [1.29, 1.82) is 0 Å². The predicted octanol–water partition coefficient (Wildman–Crippen LogP) is 4.31. The fourth-order valence-electron chi connectivity index (χ4n) is 2.10. The number of aryl methyl sites for hydroxylation is 1. The summed E-state index contributed by atoms with van der Waals surface area (Å²) in [6.45, 7) is 5.31. The van der Waals surface area contributed by atoms with Gasteiger partial charge in [0.05, 0.1) is 15.6 Å². The fraction of sp³-hybridized carbons (Fsp3) is 0.643. The zero-order valence-electron chi connectivity index (χ0n) is 12.0. The number of nitrogens with zero attached hydrogens (tertiary/aromatic N) is 3. The van der Waals surface area contributed by atoms with Gasteiger partial charge in [0, 0.05) is 12.5 Å². The molecule has 0 spiro atoms. The van der Waals surface area contributed by atoms with Crippen molar-refractivity contribution in [3.05, 3.63) is 10.7 Å². The molecule has 1 saturated carbocycles. The lowest BCUT2D eigenvalue weighted by molar-refractivity contribution is 0.891. The third-order valence-electron chi connectivity index (χ3n) is 3.27. The molecule has 1 aliphatic carbocycles. The van der Waals surface area contributed by atoms with Gasteiger partial charge in [0.15, 0.2) is 5.01 Å². The molecular weight excluding hydrogens is 288 g/mol. The lowest BCUT2D eigenvalue weighted by Crippen LogP contribution is -1.98. The van der Waals surface area contributed by atoms with Gasteiger partial charge >= 0.3 is 0 Å². The molecule has 0 amide bonds. The van der Waals surface area contributed by atoms with E-state index in [1.54, 1.807) is 11.3 Å². The quantitative estimate of drug-likeness (QED) is 0.828. The minimum absolute atomic E-state index is 0.669. The molecule has 2 heterocycles. The summed E-state index contributed by atoms with van der Waals surface area (Å²) < 4.78 is 0. The van der Waals surface area contributed by atoms with Crippen molar-refractivity contribution in [1.82, 2.24) is 15.2 Å². The van der Waals surface area contributed by atoms with Crippen LogP contribution in [-0.2, 0) is 6.42 Å². The SMILES string of the molecule is CCCNc1nnc(-c2sc(CCC)nc2C2CC2)s1. The average Bonchev–Trinajstić information content (AvgIpc) is 3.04. The van der Waals surface area contributed by atoms with E-state index in [0.717, 1.165) is 35.9 Å². The van der Waals surface area contributed by atoms with E-state index in [9.17, 15) is 0 Å². The van der Waals surface area contributed by atoms with E-state index in [1.807, 2.05) is 11.3 Å². The van der Waals surface area contributed by atoms with E-state index in [-0.39, 0.29) is 0 Å². The van der Waals surface area contributed by atoms with Crippen molar-refractivity contribution in [2.75, 3.05) is 11.9 Å². The molecule has 6 heteroatoms. The Balaban J connectivity index is 1.85. The number of rotatable bonds is 7. The summed E-state index contributed by atoms with van der Waals surface area (Å²) >= 11 is 3.47. The molecule has 0 aliphatic heterocycles. The largest absolute Gasteiger partial charge is 0.360 e. The Morgan fingerprint density at radius 1 is 1.15 bits per heavy atom. The van der Waals surface area contributed by atoms with Gasteiger partial charge < -0.3 is 5.32 Å². The monoisotopic (exact) mass is 308 g/mol. The van der Waals surface area contributed by atoms with Crippen molar-refractivity contribution in [3.63, 3.8) is 0 Å². The van der Waals surface area contributed by atoms with Gasteiger partial charge in [-0.15, -0.1) is 21.5 Å². The van der Waals surface area contributed by atoms with Gasteiger partial charge in [-0.05, 0) is 32.1 Å². The van der Waals surface area contributed by atoms with Crippen LogP contribution in [0.1, 0.15) is 56.2 Å². The minimum atomic E-state index is 0.669. The van der Waals surface area contributed by atoms with Crippen LogP contribution in [0, 0.1) is 0 Å². The summed E-state index contributed by atoms with van der Waals surface area (Å²) in [5.74, 6) is 0.669. The molecular formula is C14H20N4S2. The summed E-state index contributed by atoms with van der Waals surface area (Å²) in [5, 5.41) is 15.1. The molecule has 1 fully saturated rings. The summed E-state index contributed by atoms with van der Waals surface area (Å²) in [7, 11) is 0. The Labute approximate surface area is 127 Å². The van der Waals surface area contributed by atoms with Gasteiger partial charge in [-0.1, -0.05) is 25.2 Å². The molecule has 0 aromatic carbocycles. The first-order valence-corrected chi connectivity index (χ1v) is 9.02. The smallest absolute Gasteiger partial charge is 0.206 e. The van der Waals surface area contributed by atoms with Crippen molar-refractivity contribution < 1.29 is 0 Å². The van der Waals surface area contributed by atoms with Crippen molar-refractivity contribution in [2.45, 2.75) is 51.9 Å². The molecule has 2 aromatic heterocycles. The van der Waals surface area contributed by atoms with Crippen LogP contribution in [0.25, 0.3) is 9.88 Å². The van der Waals surface area contributed by atoms with Gasteiger partial charge in [0.2, 0.25) is 5.13 Å². The molecule has 0 bridgehead atoms. The number of anilines is 1. The molecule has 1 aliphatic rings. The molecule has 0 atom stereocenters. The molecule has 3 rings (SSSR count). The highest BCUT2D eigenvalue weighted by Crippen LogP contribution is 2.47. The van der Waals surface area contributed by atoms with Crippen molar-refractivity contribution >= 4 is 27.8 Å². The predicted molar refractivity (Wildman–Crippen MR) is 85.8 cm³/mol. The highest BCUT2D eigenvalue weighted by atomic mass is 32.1. The van der Waals surface area contributed by atoms with Crippen LogP contribution < -0.4 is 5.32 Å². The lowest BCUT2D eigenvalue weighted by atomic mass is 10.2. The van der Waals surface area contributed by atoms with Gasteiger partial charge in [-0.2, -0.15) is 0 Å². The Bertz CT molecular complexity index is 571. The molecule has 20 heavy (non-hydrogen) atoms. The molecule has 0 saturated heterocycles. The van der Waals surface area contributed by atoms with E-state index in [2.05, 4.69) is 29.4 Å². The van der Waals surface area contributed by atoms with E-state index >= 15 is 0 Å². The third kappa shape index (κ3) is 3.01. The van der Waals surface area contributed by atoms with Crippen LogP contribution in [0.4, 0.5) is 5.13 Å². The van der Waals surface area contributed by atoms with E-state index < -0.39 is 0 Å². The normalized spacial score (nSPS) is 14.7. The maximum Gasteiger partial charge on any atom is 0.206 e. The highest BCUT2D eigenvalue weighted by Gasteiger charge is 2.31. The molecule has 4 nitrogen and oxygen atoms in total. The van der Waals surface area contributed by atoms with Crippen LogP contribution in [0.2, 0.25) is 0 Å². The molecule has 2 aromatic rings. The lowest BCUT2D eigenvalue weighted by Gasteiger charge is -1.96. The van der Waals surface area contributed by atoms with Gasteiger partial charge in [0.1, 0.15) is 0 Å². The summed E-state index contributed by atoms with van der Waals surface area (Å²) in [4.78, 5) is 6.11. The summed E-state index contributed by atoms with van der Waals surface area (Å²) in [5.41, 5.74) is 1.27. The van der Waals surface area contributed by atoms with Crippen LogP contribution >= 0.6 is 22.7 Å². The number of aromatic nitrogens is 3. The van der Waals surface area contributed by atoms with E-state index in [1.165, 1.54) is 28.4 Å². The maximum absolute atomic E-state index is 4.85. The minimum Gasteiger partial charge on any atom is -0.360 e. The standard InChI is InChI=1S/C14H20N4S2/c1-3-5-10-16-11(9-6-7-9)12(19-10)13-17-18-14(20-13)15-8-4-2/h9H,3-8H2,1-2H3,(H,15,18). The number of hydrogen-bond donors (Lipinski definition) is 1. The first-order valence-electron chi connectivity index (χ1n) is 7.39. The zero-order valence-corrected chi connectivity index (χ0v) is 13.6. The Kier molecular flexibility index (Phi) is 4.31. The highest BCUT2D eigenvalue weighted by molar-refractivity contribution is 7.23. The first kappa shape index (κ1) is 13.9. The second kappa shape index (κ2) is 6.18. The zero-order chi connectivity index (χ0) is 13.9. The van der Waals surface area contributed by atoms with E-state index in [4.69, 9.17) is 4.98 Å². The van der Waals surface area contributed by atoms with E-state index in [0.29, 0.717) is 5.92 Å². The fourth-order valence-corrected chi connectivity index (χ4v) is 4.20. The number of nitrogens with one attached hydrogen (secondary N) is 1. The van der Waals surface area contributed by atoms with Gasteiger partial charge in [-0.3, -0.25) is 0 Å². The van der Waals surface area contributed by atoms with Gasteiger partial charge in [0.25, 0.3) is 0 Å². The Hall–Kier alpha value is -1.01. The van der Waals surface area contributed by atoms with Gasteiger partial charge in [-0.25, -0.2) is 4.98 Å². The van der Waals surface area contributed by atoms with Crippen molar-refractivity contribution in [2.24, 2.45) is 0 Å². The second-order valence-corrected chi connectivity index (χ2v) is 7.25. The molecule has 1 N–H and O–H groups in total. The summed E-state index contributed by atoms with van der Waals surface area (Å²) in [6.07, 6.45) is 5.88. The van der Waals surface area contributed by atoms with Crippen LogP contribution in [0.15, 0.2) is 0 Å². The maximum atomic E-state index is 4.85. The molecule has 0 unspecified atom stereocenters. The van der Waals surface area contributed by atoms with Crippen LogP contribution in [0.3, 0.4) is 0 Å². The molecule has 108 valence electrons. The Morgan fingerprint density at radius 2 is 2.00 bits per heavy atom. The number of thiazole rings is 1. The molecule has 0 radical (unpaired) electrons. The van der Waals surface area contributed by atoms with Crippen LogP contribution in [0.5, 0.6) is 0 Å². The Morgan fingerprint density at radius 3 is 2.70 bits per heavy atom. The second-order valence-electron chi connectivity index (χ2n) is 5.19.